The van der Waals surface area contributed by atoms with E-state index < -0.39 is 11.5 Å². The third kappa shape index (κ3) is 6.41. The number of hydrogen-bond acceptors (Lipinski definition) is 4. The lowest BCUT2D eigenvalue weighted by Gasteiger charge is -2.22. The molecule has 0 rings (SSSR count). The highest BCUT2D eigenvalue weighted by atomic mass is 16.6. The highest BCUT2D eigenvalue weighted by molar-refractivity contribution is 6.01. The van der Waals surface area contributed by atoms with Crippen LogP contribution in [0.5, 0.6) is 0 Å². The van der Waals surface area contributed by atoms with Gasteiger partial charge in [-0.05, 0) is 12.8 Å². The summed E-state index contributed by atoms with van der Waals surface area (Å²) in [6.07, 6.45) is 5.42. The van der Waals surface area contributed by atoms with Crippen molar-refractivity contribution in [2.24, 2.45) is 16.3 Å². The summed E-state index contributed by atoms with van der Waals surface area (Å²) in [5, 5.41) is 3.74. The first kappa shape index (κ1) is 16.1. The molecule has 0 amide bonds. The number of oxime groups is 1. The van der Waals surface area contributed by atoms with E-state index in [1.807, 2.05) is 20.8 Å². The largest absolute Gasteiger partial charge is 0.396 e. The molecule has 100 valence electrons. The Morgan fingerprint density at radius 3 is 2.59 bits per heavy atom. The van der Waals surface area contributed by atoms with Crippen LogP contribution in [0.25, 0.3) is 0 Å². The number of carbonyl (C=O) groups is 1. The molecule has 0 aromatic rings. The average molecular weight is 242 g/mol. The average Bonchev–Trinajstić information content (AvgIpc) is 2.32. The summed E-state index contributed by atoms with van der Waals surface area (Å²) in [5.41, 5.74) is 5.35. The number of rotatable bonds is 9. The molecule has 1 atom stereocenters. The van der Waals surface area contributed by atoms with Gasteiger partial charge >= 0.3 is 0 Å². The maximum atomic E-state index is 11.9. The Bertz CT molecular complexity index is 250. The summed E-state index contributed by atoms with van der Waals surface area (Å²) < 4.78 is 0. The zero-order valence-electron chi connectivity index (χ0n) is 11.5. The lowest BCUT2D eigenvalue weighted by Crippen LogP contribution is -2.41. The van der Waals surface area contributed by atoms with E-state index in [4.69, 9.17) is 10.6 Å². The monoisotopic (exact) mass is 242 g/mol. The molecule has 4 heteroatoms. The fourth-order valence-electron chi connectivity index (χ4n) is 1.27. The molecule has 4 nitrogen and oxygen atoms in total. The molecule has 0 fully saturated rings. The molecule has 0 saturated heterocycles. The fourth-order valence-corrected chi connectivity index (χ4v) is 1.27. The number of ketones is 1. The predicted molar refractivity (Wildman–Crippen MR) is 71.0 cm³/mol. The molecule has 2 N–H and O–H groups in total. The van der Waals surface area contributed by atoms with Gasteiger partial charge in [-0.2, -0.15) is 0 Å². The Morgan fingerprint density at radius 2 is 2.06 bits per heavy atom. The molecule has 0 aromatic carbocycles. The van der Waals surface area contributed by atoms with Crippen LogP contribution in [0, 0.1) is 5.41 Å². The molecular weight excluding hydrogens is 216 g/mol. The molecule has 0 aliphatic rings. The number of unbranched alkanes of at least 4 members (excludes halogenated alkanes) is 2. The summed E-state index contributed by atoms with van der Waals surface area (Å²) in [7, 11) is 0. The molecule has 0 spiro atoms. The molecule has 0 radical (unpaired) electrons. The van der Waals surface area contributed by atoms with Crippen molar-refractivity contribution in [2.75, 3.05) is 6.61 Å². The summed E-state index contributed by atoms with van der Waals surface area (Å²) in [5.74, 6) is 0.000841. The van der Waals surface area contributed by atoms with Crippen molar-refractivity contribution in [2.45, 2.75) is 59.4 Å². The van der Waals surface area contributed by atoms with Crippen LogP contribution in [0.3, 0.4) is 0 Å². The fraction of sp³-hybridized carbons (Fsp3) is 0.846. The first-order valence-corrected chi connectivity index (χ1v) is 6.41. The van der Waals surface area contributed by atoms with Gasteiger partial charge in [0, 0.05) is 5.41 Å². The first-order chi connectivity index (χ1) is 7.95. The van der Waals surface area contributed by atoms with Gasteiger partial charge in [0.15, 0.2) is 5.78 Å². The van der Waals surface area contributed by atoms with E-state index >= 15 is 0 Å². The van der Waals surface area contributed by atoms with Gasteiger partial charge in [0.2, 0.25) is 0 Å². The number of hydrogen-bond donors (Lipinski definition) is 1. The van der Waals surface area contributed by atoms with Crippen LogP contribution >= 0.6 is 0 Å². The van der Waals surface area contributed by atoms with Crippen molar-refractivity contribution in [3.8, 4) is 0 Å². The van der Waals surface area contributed by atoms with Crippen LogP contribution in [0.4, 0.5) is 0 Å². The summed E-state index contributed by atoms with van der Waals surface area (Å²) >= 11 is 0. The van der Waals surface area contributed by atoms with E-state index in [1.54, 1.807) is 0 Å². The van der Waals surface area contributed by atoms with Crippen molar-refractivity contribution in [3.63, 3.8) is 0 Å². The molecule has 17 heavy (non-hydrogen) atoms. The Morgan fingerprint density at radius 1 is 1.41 bits per heavy atom. The molecule has 0 bridgehead atoms. The molecule has 0 heterocycles. The number of Topliss-reactive ketones (excluding diaryl/α,β-unsaturated/α-hetero) is 1. The Kier molecular flexibility index (Phi) is 7.79. The highest BCUT2D eigenvalue weighted by Crippen LogP contribution is 2.21. The zero-order valence-corrected chi connectivity index (χ0v) is 11.5. The van der Waals surface area contributed by atoms with E-state index in [0.717, 1.165) is 25.7 Å². The third-order valence-corrected chi connectivity index (χ3v) is 2.99. The van der Waals surface area contributed by atoms with Gasteiger partial charge in [-0.15, -0.1) is 0 Å². The molecule has 0 saturated carbocycles. The van der Waals surface area contributed by atoms with E-state index in [2.05, 4.69) is 12.1 Å². The quantitative estimate of drug-likeness (QED) is 0.384. The lowest BCUT2D eigenvalue weighted by molar-refractivity contribution is -0.127. The second kappa shape index (κ2) is 8.23. The van der Waals surface area contributed by atoms with Crippen LogP contribution in [0.2, 0.25) is 0 Å². The normalized spacial score (nSPS) is 13.9. The third-order valence-electron chi connectivity index (χ3n) is 2.99. The van der Waals surface area contributed by atoms with Gasteiger partial charge in [-0.3, -0.25) is 4.79 Å². The van der Waals surface area contributed by atoms with Crippen molar-refractivity contribution in [1.82, 2.24) is 0 Å². The van der Waals surface area contributed by atoms with Crippen molar-refractivity contribution in [3.05, 3.63) is 0 Å². The van der Waals surface area contributed by atoms with Crippen molar-refractivity contribution in [1.29, 1.82) is 0 Å². The number of nitrogens with zero attached hydrogens (tertiary/aromatic N) is 1. The van der Waals surface area contributed by atoms with Gasteiger partial charge in [0.05, 0.1) is 6.21 Å². The number of nitrogens with two attached hydrogens (primary N) is 1. The smallest absolute Gasteiger partial charge is 0.160 e. The molecule has 0 aliphatic heterocycles. The van der Waals surface area contributed by atoms with Crippen LogP contribution in [-0.4, -0.2) is 24.6 Å². The van der Waals surface area contributed by atoms with Crippen molar-refractivity contribution < 1.29 is 9.63 Å². The standard InChI is InChI=1S/C13H26N2O2/c1-5-7-8-9-17-15-10-11(14)12(16)13(3,4)6-2/h10-11H,5-9,14H2,1-4H3. The van der Waals surface area contributed by atoms with E-state index in [9.17, 15) is 4.79 Å². The molecule has 1 unspecified atom stereocenters. The van der Waals surface area contributed by atoms with Crippen molar-refractivity contribution >= 4 is 12.0 Å². The topological polar surface area (TPSA) is 64.7 Å². The van der Waals surface area contributed by atoms with Crippen LogP contribution in [0.1, 0.15) is 53.4 Å². The first-order valence-electron chi connectivity index (χ1n) is 6.41. The highest BCUT2D eigenvalue weighted by Gasteiger charge is 2.29. The van der Waals surface area contributed by atoms with Gasteiger partial charge in [-0.1, -0.05) is 45.7 Å². The zero-order chi connectivity index (χ0) is 13.3. The van der Waals surface area contributed by atoms with Gasteiger partial charge in [0.1, 0.15) is 12.6 Å². The van der Waals surface area contributed by atoms with Crippen LogP contribution in [-0.2, 0) is 9.63 Å². The van der Waals surface area contributed by atoms with Crippen LogP contribution < -0.4 is 5.73 Å². The SMILES string of the molecule is CCCCCON=CC(N)C(=O)C(C)(C)CC. The summed E-state index contributed by atoms with van der Waals surface area (Å²) in [6.45, 7) is 8.48. The van der Waals surface area contributed by atoms with Gasteiger partial charge in [-0.25, -0.2) is 0 Å². The minimum atomic E-state index is -0.670. The van der Waals surface area contributed by atoms with E-state index in [1.165, 1.54) is 6.21 Å². The van der Waals surface area contributed by atoms with E-state index in [-0.39, 0.29) is 5.78 Å². The predicted octanol–water partition coefficient (Wildman–Crippen LogP) is 2.51. The van der Waals surface area contributed by atoms with Crippen LogP contribution in [0.15, 0.2) is 5.16 Å². The maximum absolute atomic E-state index is 11.9. The second-order valence-electron chi connectivity index (χ2n) is 4.92. The Labute approximate surface area is 105 Å². The van der Waals surface area contributed by atoms with Gasteiger partial charge in [0.25, 0.3) is 0 Å². The lowest BCUT2D eigenvalue weighted by atomic mass is 9.82. The second-order valence-corrected chi connectivity index (χ2v) is 4.92. The molecular formula is C13H26N2O2. The summed E-state index contributed by atoms with van der Waals surface area (Å²) in [4.78, 5) is 16.9. The van der Waals surface area contributed by atoms with E-state index in [0.29, 0.717) is 6.61 Å². The summed E-state index contributed by atoms with van der Waals surface area (Å²) in [6, 6.07) is -0.670. The maximum Gasteiger partial charge on any atom is 0.160 e. The number of carbonyl (C=O) groups excluding carboxylic acids is 1. The minimum absolute atomic E-state index is 0.000841. The minimum Gasteiger partial charge on any atom is -0.396 e. The van der Waals surface area contributed by atoms with Gasteiger partial charge < -0.3 is 10.6 Å². The Balaban J connectivity index is 3.96. The molecule has 0 aliphatic carbocycles. The Hall–Kier alpha value is -0.900. The molecule has 0 aromatic heterocycles.